The van der Waals surface area contributed by atoms with Gasteiger partial charge < -0.3 is 4.74 Å². The summed E-state index contributed by atoms with van der Waals surface area (Å²) in [5.74, 6) is 1.28. The maximum atomic E-state index is 12.0. The lowest BCUT2D eigenvalue weighted by Gasteiger charge is -2.30. The molecule has 0 rings (SSSR count). The van der Waals surface area contributed by atoms with Crippen LogP contribution in [-0.2, 0) is 9.53 Å². The zero-order chi connectivity index (χ0) is 14.8. The minimum Gasteiger partial charge on any atom is -0.465 e. The Morgan fingerprint density at radius 3 is 1.79 bits per heavy atom. The maximum Gasteiger partial charge on any atom is 0.323 e. The van der Waals surface area contributed by atoms with Gasteiger partial charge in [0, 0.05) is 0 Å². The molecule has 0 bridgehead atoms. The van der Waals surface area contributed by atoms with Crippen molar-refractivity contribution in [1.82, 2.24) is 4.90 Å². The maximum absolute atomic E-state index is 12.0. The molecule has 0 aliphatic heterocycles. The van der Waals surface area contributed by atoms with Crippen molar-refractivity contribution in [2.24, 2.45) is 11.8 Å². The molecule has 19 heavy (non-hydrogen) atoms. The van der Waals surface area contributed by atoms with E-state index in [0.717, 1.165) is 32.4 Å². The van der Waals surface area contributed by atoms with Crippen molar-refractivity contribution in [1.29, 1.82) is 0 Å². The highest BCUT2D eigenvalue weighted by Crippen LogP contribution is 2.13. The summed E-state index contributed by atoms with van der Waals surface area (Å²) in [6, 6.07) is -0.0718. The molecule has 0 aliphatic rings. The third-order valence-electron chi connectivity index (χ3n) is 3.37. The van der Waals surface area contributed by atoms with Crippen LogP contribution in [0.25, 0.3) is 0 Å². The third-order valence-corrected chi connectivity index (χ3v) is 3.37. The number of nitrogens with zero attached hydrogens (tertiary/aromatic N) is 1. The molecule has 3 heteroatoms. The lowest BCUT2D eigenvalue weighted by molar-refractivity contribution is -0.149. The minimum atomic E-state index is -0.0718. The zero-order valence-corrected chi connectivity index (χ0v) is 13.7. The van der Waals surface area contributed by atoms with Gasteiger partial charge in [0.2, 0.25) is 0 Å². The van der Waals surface area contributed by atoms with Crippen LogP contribution in [0.2, 0.25) is 0 Å². The van der Waals surface area contributed by atoms with E-state index in [1.807, 2.05) is 6.92 Å². The molecule has 0 saturated carbocycles. The molecule has 0 aromatic heterocycles. The smallest absolute Gasteiger partial charge is 0.323 e. The van der Waals surface area contributed by atoms with Crippen LogP contribution < -0.4 is 0 Å². The monoisotopic (exact) mass is 271 g/mol. The molecule has 114 valence electrons. The van der Waals surface area contributed by atoms with Crippen molar-refractivity contribution < 1.29 is 9.53 Å². The molecule has 1 atom stereocenters. The first kappa shape index (κ1) is 18.4. The van der Waals surface area contributed by atoms with Crippen molar-refractivity contribution in [2.45, 2.75) is 66.8 Å². The highest BCUT2D eigenvalue weighted by atomic mass is 16.5. The van der Waals surface area contributed by atoms with E-state index in [2.05, 4.69) is 39.5 Å². The van der Waals surface area contributed by atoms with E-state index < -0.39 is 0 Å². The van der Waals surface area contributed by atoms with Gasteiger partial charge in [-0.05, 0) is 51.1 Å². The van der Waals surface area contributed by atoms with Gasteiger partial charge in [0.1, 0.15) is 6.04 Å². The van der Waals surface area contributed by atoms with Crippen molar-refractivity contribution in [2.75, 3.05) is 19.7 Å². The molecule has 0 saturated heterocycles. The lowest BCUT2D eigenvalue weighted by atomic mass is 10.1. The van der Waals surface area contributed by atoms with Gasteiger partial charge in [0.15, 0.2) is 0 Å². The Bertz CT molecular complexity index is 227. The Morgan fingerprint density at radius 1 is 1.00 bits per heavy atom. The van der Waals surface area contributed by atoms with E-state index in [0.29, 0.717) is 18.4 Å². The van der Waals surface area contributed by atoms with E-state index in [-0.39, 0.29) is 12.0 Å². The van der Waals surface area contributed by atoms with Crippen LogP contribution in [0.5, 0.6) is 0 Å². The van der Waals surface area contributed by atoms with Gasteiger partial charge >= 0.3 is 5.97 Å². The molecule has 0 N–H and O–H groups in total. The summed E-state index contributed by atoms with van der Waals surface area (Å²) in [4.78, 5) is 14.4. The second-order valence-electron chi connectivity index (χ2n) is 6.08. The number of hydrogen-bond acceptors (Lipinski definition) is 3. The fraction of sp³-hybridized carbons (Fsp3) is 0.938. The second kappa shape index (κ2) is 10.2. The Hall–Kier alpha value is -0.570. The van der Waals surface area contributed by atoms with Gasteiger partial charge in [-0.3, -0.25) is 9.69 Å². The molecule has 0 radical (unpaired) electrons. The Balaban J connectivity index is 4.59. The topological polar surface area (TPSA) is 29.5 Å². The quantitative estimate of drug-likeness (QED) is 0.567. The number of carbonyl (C=O) groups is 1. The number of carbonyl (C=O) groups excluding carboxylic acids is 1. The first-order valence-corrected chi connectivity index (χ1v) is 7.82. The Morgan fingerprint density at radius 2 is 1.47 bits per heavy atom. The summed E-state index contributed by atoms with van der Waals surface area (Å²) in [5.41, 5.74) is 0. The van der Waals surface area contributed by atoms with E-state index in [9.17, 15) is 4.79 Å². The Labute approximate surface area is 119 Å². The van der Waals surface area contributed by atoms with E-state index >= 15 is 0 Å². The van der Waals surface area contributed by atoms with Gasteiger partial charge in [-0.15, -0.1) is 0 Å². The van der Waals surface area contributed by atoms with E-state index in [1.165, 1.54) is 0 Å². The molecule has 0 spiro atoms. The molecule has 0 amide bonds. The molecule has 0 aromatic rings. The first-order valence-electron chi connectivity index (χ1n) is 7.82. The van der Waals surface area contributed by atoms with E-state index in [4.69, 9.17) is 4.74 Å². The van der Waals surface area contributed by atoms with Gasteiger partial charge in [-0.25, -0.2) is 0 Å². The lowest BCUT2D eigenvalue weighted by Crippen LogP contribution is -2.43. The highest BCUT2D eigenvalue weighted by molar-refractivity contribution is 5.75. The third kappa shape index (κ3) is 8.25. The molecular formula is C16H33NO2. The summed E-state index contributed by atoms with van der Waals surface area (Å²) < 4.78 is 5.21. The zero-order valence-electron chi connectivity index (χ0n) is 13.7. The Kier molecular flexibility index (Phi) is 9.94. The predicted molar refractivity (Wildman–Crippen MR) is 81.2 cm³/mol. The van der Waals surface area contributed by atoms with Gasteiger partial charge in [0.05, 0.1) is 6.61 Å². The summed E-state index contributed by atoms with van der Waals surface area (Å²) in [6.07, 6.45) is 3.09. The van der Waals surface area contributed by atoms with Crippen molar-refractivity contribution in [3.8, 4) is 0 Å². The van der Waals surface area contributed by atoms with Crippen molar-refractivity contribution >= 4 is 5.97 Å². The molecular weight excluding hydrogens is 238 g/mol. The number of hydrogen-bond donors (Lipinski definition) is 0. The number of ether oxygens (including phenoxy) is 1. The number of esters is 1. The molecule has 1 unspecified atom stereocenters. The second-order valence-corrected chi connectivity index (χ2v) is 6.08. The van der Waals surface area contributed by atoms with Gasteiger partial charge in [0.25, 0.3) is 0 Å². The SMILES string of the molecule is CCOC(=O)C(CC)N(CCC(C)C)CCC(C)C. The number of rotatable bonds is 10. The van der Waals surface area contributed by atoms with Crippen LogP contribution in [-0.4, -0.2) is 36.6 Å². The average molecular weight is 271 g/mol. The molecule has 0 aliphatic carbocycles. The standard InChI is InChI=1S/C16H33NO2/c1-7-15(16(18)19-8-2)17(11-9-13(3)4)12-10-14(5)6/h13-15H,7-12H2,1-6H3. The van der Waals surface area contributed by atoms with Gasteiger partial charge in [-0.1, -0.05) is 34.6 Å². The fourth-order valence-electron chi connectivity index (χ4n) is 2.08. The van der Waals surface area contributed by atoms with Crippen LogP contribution in [0.1, 0.15) is 60.8 Å². The van der Waals surface area contributed by atoms with Crippen LogP contribution in [0.15, 0.2) is 0 Å². The fourth-order valence-corrected chi connectivity index (χ4v) is 2.08. The average Bonchev–Trinajstić information content (AvgIpc) is 2.32. The van der Waals surface area contributed by atoms with Crippen molar-refractivity contribution in [3.05, 3.63) is 0 Å². The summed E-state index contributed by atoms with van der Waals surface area (Å²) in [6.45, 7) is 15.3. The van der Waals surface area contributed by atoms with Crippen LogP contribution in [0, 0.1) is 11.8 Å². The largest absolute Gasteiger partial charge is 0.465 e. The normalized spacial score (nSPS) is 13.3. The first-order chi connectivity index (χ1) is 8.92. The van der Waals surface area contributed by atoms with Crippen LogP contribution in [0.3, 0.4) is 0 Å². The molecule has 3 nitrogen and oxygen atoms in total. The highest BCUT2D eigenvalue weighted by Gasteiger charge is 2.25. The summed E-state index contributed by atoms with van der Waals surface area (Å²) in [5, 5.41) is 0. The van der Waals surface area contributed by atoms with Gasteiger partial charge in [-0.2, -0.15) is 0 Å². The summed E-state index contributed by atoms with van der Waals surface area (Å²) in [7, 11) is 0. The molecule has 0 fully saturated rings. The van der Waals surface area contributed by atoms with Crippen molar-refractivity contribution in [3.63, 3.8) is 0 Å². The predicted octanol–water partition coefficient (Wildman–Crippen LogP) is 3.72. The van der Waals surface area contributed by atoms with Crippen LogP contribution in [0.4, 0.5) is 0 Å². The molecule has 0 aromatic carbocycles. The van der Waals surface area contributed by atoms with E-state index in [1.54, 1.807) is 0 Å². The minimum absolute atomic E-state index is 0.0579. The molecule has 0 heterocycles. The van der Waals surface area contributed by atoms with Crippen LogP contribution >= 0.6 is 0 Å². The summed E-state index contributed by atoms with van der Waals surface area (Å²) >= 11 is 0.